The molecule has 4 bridgehead atoms. The van der Waals surface area contributed by atoms with Crippen LogP contribution in [0.1, 0.15) is 62.6 Å². The van der Waals surface area contributed by atoms with E-state index in [1.807, 2.05) is 6.92 Å². The van der Waals surface area contributed by atoms with Gasteiger partial charge in [0.15, 0.2) is 0 Å². The fourth-order valence-corrected chi connectivity index (χ4v) is 6.46. The smallest absolute Gasteiger partial charge is 0.123 e. The summed E-state index contributed by atoms with van der Waals surface area (Å²) in [4.78, 5) is 0. The normalized spacial score (nSPS) is 42.3. The van der Waals surface area contributed by atoms with E-state index in [4.69, 9.17) is 5.73 Å². The van der Waals surface area contributed by atoms with Gasteiger partial charge < -0.3 is 5.73 Å². The van der Waals surface area contributed by atoms with Gasteiger partial charge >= 0.3 is 0 Å². The number of aryl methyl sites for hydroxylation is 1. The Labute approximate surface area is 127 Å². The standard InChI is InChI=1S/C19H26FN/c1-12-3-15(6-16(20)4-12)17(21)19-9-13-5-14(10-19)8-18(2,7-13)11-19/h3-4,6,13-14,17H,5,7-11,21H2,1-2H3. The molecule has 5 rings (SSSR count). The van der Waals surface area contributed by atoms with E-state index in [0.29, 0.717) is 5.41 Å². The quantitative estimate of drug-likeness (QED) is 0.835. The maximum atomic E-state index is 13.8. The van der Waals surface area contributed by atoms with Crippen molar-refractivity contribution in [2.75, 3.05) is 0 Å². The van der Waals surface area contributed by atoms with E-state index >= 15 is 0 Å². The van der Waals surface area contributed by atoms with Gasteiger partial charge in [0.2, 0.25) is 0 Å². The van der Waals surface area contributed by atoms with E-state index < -0.39 is 0 Å². The zero-order valence-corrected chi connectivity index (χ0v) is 13.2. The molecule has 1 aromatic carbocycles. The molecule has 2 heteroatoms. The molecule has 0 heterocycles. The molecule has 0 radical (unpaired) electrons. The molecule has 0 spiro atoms. The lowest BCUT2D eigenvalue weighted by Crippen LogP contribution is -2.54. The van der Waals surface area contributed by atoms with Crippen molar-refractivity contribution in [2.24, 2.45) is 28.4 Å². The van der Waals surface area contributed by atoms with Gasteiger partial charge in [0.25, 0.3) is 0 Å². The predicted molar refractivity (Wildman–Crippen MR) is 83.3 cm³/mol. The number of benzene rings is 1. The summed E-state index contributed by atoms with van der Waals surface area (Å²) in [6.07, 6.45) is 7.95. The van der Waals surface area contributed by atoms with Gasteiger partial charge in [-0.25, -0.2) is 4.39 Å². The first-order valence-corrected chi connectivity index (χ1v) is 8.40. The molecule has 0 aliphatic heterocycles. The van der Waals surface area contributed by atoms with Gasteiger partial charge in [-0.2, -0.15) is 0 Å². The monoisotopic (exact) mass is 287 g/mol. The number of halogens is 1. The Morgan fingerprint density at radius 3 is 2.38 bits per heavy atom. The molecule has 1 nitrogen and oxygen atoms in total. The van der Waals surface area contributed by atoms with Crippen LogP contribution in [0, 0.1) is 35.4 Å². The van der Waals surface area contributed by atoms with Crippen LogP contribution >= 0.6 is 0 Å². The molecule has 4 fully saturated rings. The van der Waals surface area contributed by atoms with Gasteiger partial charge in [-0.15, -0.1) is 0 Å². The molecule has 3 atom stereocenters. The summed E-state index contributed by atoms with van der Waals surface area (Å²) in [5.41, 5.74) is 9.43. The highest BCUT2D eigenvalue weighted by Gasteiger charge is 2.57. The highest BCUT2D eigenvalue weighted by atomic mass is 19.1. The molecule has 0 aromatic heterocycles. The topological polar surface area (TPSA) is 26.0 Å². The Balaban J connectivity index is 1.71. The summed E-state index contributed by atoms with van der Waals surface area (Å²) < 4.78 is 13.8. The first-order valence-electron chi connectivity index (χ1n) is 8.40. The molecule has 3 unspecified atom stereocenters. The van der Waals surface area contributed by atoms with E-state index in [-0.39, 0.29) is 17.3 Å². The van der Waals surface area contributed by atoms with Crippen molar-refractivity contribution >= 4 is 0 Å². The van der Waals surface area contributed by atoms with Crippen molar-refractivity contribution in [1.29, 1.82) is 0 Å². The number of rotatable bonds is 2. The summed E-state index contributed by atoms with van der Waals surface area (Å²) in [5.74, 6) is 1.57. The molecule has 4 aliphatic carbocycles. The lowest BCUT2D eigenvalue weighted by atomic mass is 9.43. The number of nitrogens with two attached hydrogens (primary N) is 1. The minimum absolute atomic E-state index is 0.00266. The Kier molecular flexibility index (Phi) is 2.83. The second-order valence-electron chi connectivity index (χ2n) is 8.67. The maximum Gasteiger partial charge on any atom is 0.123 e. The van der Waals surface area contributed by atoms with Gasteiger partial charge in [-0.1, -0.05) is 13.0 Å². The number of hydrogen-bond donors (Lipinski definition) is 1. The Morgan fingerprint density at radius 2 is 1.81 bits per heavy atom. The summed E-state index contributed by atoms with van der Waals surface area (Å²) >= 11 is 0. The van der Waals surface area contributed by atoms with Gasteiger partial charge in [-0.3, -0.25) is 0 Å². The van der Waals surface area contributed by atoms with Crippen molar-refractivity contribution in [2.45, 2.75) is 58.4 Å². The van der Waals surface area contributed by atoms with Gasteiger partial charge in [0.1, 0.15) is 5.82 Å². The van der Waals surface area contributed by atoms with Crippen LogP contribution in [0.15, 0.2) is 18.2 Å². The fourth-order valence-electron chi connectivity index (χ4n) is 6.46. The van der Waals surface area contributed by atoms with Crippen LogP contribution in [0.3, 0.4) is 0 Å². The highest BCUT2D eigenvalue weighted by molar-refractivity contribution is 5.29. The van der Waals surface area contributed by atoms with Crippen molar-refractivity contribution in [3.8, 4) is 0 Å². The maximum absolute atomic E-state index is 13.8. The third kappa shape index (κ3) is 2.14. The van der Waals surface area contributed by atoms with E-state index in [1.165, 1.54) is 38.5 Å². The van der Waals surface area contributed by atoms with Crippen molar-refractivity contribution in [3.63, 3.8) is 0 Å². The van der Waals surface area contributed by atoms with Crippen LogP contribution in [0.2, 0.25) is 0 Å². The molecule has 21 heavy (non-hydrogen) atoms. The molecule has 2 N–H and O–H groups in total. The van der Waals surface area contributed by atoms with Crippen molar-refractivity contribution < 1.29 is 4.39 Å². The Bertz CT molecular complexity index is 545. The molecule has 4 saturated carbocycles. The second kappa shape index (κ2) is 4.32. The first kappa shape index (κ1) is 13.8. The molecule has 0 amide bonds. The van der Waals surface area contributed by atoms with Crippen LogP contribution in [-0.4, -0.2) is 0 Å². The highest BCUT2D eigenvalue weighted by Crippen LogP contribution is 2.67. The molecule has 4 aliphatic rings. The van der Waals surface area contributed by atoms with Gasteiger partial charge in [0.05, 0.1) is 0 Å². The largest absolute Gasteiger partial charge is 0.323 e. The van der Waals surface area contributed by atoms with Gasteiger partial charge in [-0.05, 0) is 91.4 Å². The predicted octanol–water partition coefficient (Wildman–Crippen LogP) is 4.74. The summed E-state index contributed by atoms with van der Waals surface area (Å²) in [5, 5.41) is 0. The van der Waals surface area contributed by atoms with E-state index in [9.17, 15) is 4.39 Å². The average Bonchev–Trinajstić information content (AvgIpc) is 2.33. The summed E-state index contributed by atoms with van der Waals surface area (Å²) in [7, 11) is 0. The van der Waals surface area contributed by atoms with Crippen LogP contribution in [0.25, 0.3) is 0 Å². The lowest BCUT2D eigenvalue weighted by Gasteiger charge is -2.63. The van der Waals surface area contributed by atoms with Crippen LogP contribution in [0.4, 0.5) is 4.39 Å². The SMILES string of the molecule is Cc1cc(F)cc(C(N)C23CC4CC(CC(C)(C4)C2)C3)c1. The van der Waals surface area contributed by atoms with Gasteiger partial charge in [0, 0.05) is 6.04 Å². The van der Waals surface area contributed by atoms with E-state index in [0.717, 1.165) is 23.0 Å². The third-order valence-electron chi connectivity index (χ3n) is 6.48. The number of hydrogen-bond acceptors (Lipinski definition) is 1. The first-order chi connectivity index (χ1) is 9.87. The van der Waals surface area contributed by atoms with Crippen LogP contribution in [0.5, 0.6) is 0 Å². The Morgan fingerprint density at radius 1 is 1.14 bits per heavy atom. The third-order valence-corrected chi connectivity index (χ3v) is 6.48. The van der Waals surface area contributed by atoms with Crippen molar-refractivity contribution in [3.05, 3.63) is 35.1 Å². The molecule has 1 aromatic rings. The van der Waals surface area contributed by atoms with Crippen LogP contribution < -0.4 is 5.73 Å². The molecular formula is C19H26FN. The lowest BCUT2D eigenvalue weighted by molar-refractivity contribution is -0.113. The van der Waals surface area contributed by atoms with E-state index in [2.05, 4.69) is 13.0 Å². The van der Waals surface area contributed by atoms with Crippen LogP contribution in [-0.2, 0) is 0 Å². The Hall–Kier alpha value is -0.890. The molecular weight excluding hydrogens is 261 g/mol. The minimum atomic E-state index is -0.142. The summed E-state index contributed by atoms with van der Waals surface area (Å²) in [6.45, 7) is 4.42. The summed E-state index contributed by atoms with van der Waals surface area (Å²) in [6, 6.07) is 5.35. The zero-order valence-electron chi connectivity index (χ0n) is 13.2. The van der Waals surface area contributed by atoms with E-state index in [1.54, 1.807) is 12.1 Å². The minimum Gasteiger partial charge on any atom is -0.323 e. The van der Waals surface area contributed by atoms with Crippen molar-refractivity contribution in [1.82, 2.24) is 0 Å². The fraction of sp³-hybridized carbons (Fsp3) is 0.684. The molecule has 114 valence electrons. The second-order valence-corrected chi connectivity index (χ2v) is 8.67. The zero-order chi connectivity index (χ0) is 14.8. The molecule has 0 saturated heterocycles. The average molecular weight is 287 g/mol.